The Morgan fingerprint density at radius 3 is 2.14 bits per heavy atom. The highest BCUT2D eigenvalue weighted by molar-refractivity contribution is 7.98. The van der Waals surface area contributed by atoms with E-state index in [4.69, 9.17) is 0 Å². The molecule has 0 N–H and O–H groups in total. The molecule has 1 fully saturated rings. The fraction of sp³-hybridized carbons (Fsp3) is 0.269. The van der Waals surface area contributed by atoms with E-state index >= 15 is 0 Å². The van der Waals surface area contributed by atoms with Crippen LogP contribution in [0.3, 0.4) is 0 Å². The number of hydrogen-bond acceptors (Lipinski definition) is 7. The van der Waals surface area contributed by atoms with Gasteiger partial charge in [-0.05, 0) is 47.6 Å². The van der Waals surface area contributed by atoms with Gasteiger partial charge in [0, 0.05) is 5.56 Å². The van der Waals surface area contributed by atoms with Gasteiger partial charge in [-0.15, -0.1) is 35.1 Å². The average Bonchev–Trinajstić information content (AvgIpc) is 3.13. The number of alkyl halides is 3. The summed E-state index contributed by atoms with van der Waals surface area (Å²) in [7, 11) is 0. The second-order valence-electron chi connectivity index (χ2n) is 8.65. The number of ketones is 2. The average molecular weight is 530 g/mol. The molecule has 11 heteroatoms. The Morgan fingerprint density at radius 1 is 0.973 bits per heavy atom. The van der Waals surface area contributed by atoms with Crippen molar-refractivity contribution in [1.29, 1.82) is 0 Å². The zero-order valence-electron chi connectivity index (χ0n) is 20.0. The Hall–Kier alpha value is -3.73. The van der Waals surface area contributed by atoms with Gasteiger partial charge in [0.05, 0.1) is 6.04 Å². The van der Waals surface area contributed by atoms with Gasteiger partial charge in [0.25, 0.3) is 5.91 Å². The van der Waals surface area contributed by atoms with Crippen LogP contribution in [0.15, 0.2) is 65.7 Å². The van der Waals surface area contributed by atoms with E-state index in [1.165, 1.54) is 30.0 Å². The minimum Gasteiger partial charge on any atom is -0.406 e. The molecule has 1 saturated heterocycles. The molecule has 1 aliphatic rings. The topological polar surface area (TPSA) is 89.5 Å². The molecule has 2 atom stereocenters. The Morgan fingerprint density at radius 2 is 1.62 bits per heavy atom. The molecular weight excluding hydrogens is 507 g/mol. The summed E-state index contributed by atoms with van der Waals surface area (Å²) in [6, 6.07) is 13.4. The van der Waals surface area contributed by atoms with Gasteiger partial charge < -0.3 is 4.74 Å². The first-order valence-electron chi connectivity index (χ1n) is 11.2. The highest BCUT2D eigenvalue weighted by Gasteiger charge is 2.53. The zero-order valence-corrected chi connectivity index (χ0v) is 20.8. The van der Waals surface area contributed by atoms with Gasteiger partial charge in [0.1, 0.15) is 16.7 Å². The molecule has 7 nitrogen and oxygen atoms in total. The van der Waals surface area contributed by atoms with Crippen molar-refractivity contribution in [3.8, 4) is 5.75 Å². The quantitative estimate of drug-likeness (QED) is 0.176. The number of thioether (sulfide) groups is 1. The summed E-state index contributed by atoms with van der Waals surface area (Å²) in [5.41, 5.74) is 1.50. The van der Waals surface area contributed by atoms with Crippen LogP contribution >= 0.6 is 11.8 Å². The second-order valence-corrected chi connectivity index (χ2v) is 9.48. The Balaban J connectivity index is 1.78. The minimum atomic E-state index is -4.89. The zero-order chi connectivity index (χ0) is 26.9. The lowest BCUT2D eigenvalue weighted by Gasteiger charge is -2.26. The monoisotopic (exact) mass is 529 g/mol. The number of carbonyl (C=O) groups excluding carboxylic acids is 3. The number of anilines is 1. The van der Waals surface area contributed by atoms with Crippen LogP contribution in [0.4, 0.5) is 19.0 Å². The maximum absolute atomic E-state index is 13.6. The molecule has 192 valence electrons. The summed E-state index contributed by atoms with van der Waals surface area (Å²) in [6.07, 6.45) is -3.09. The standard InChI is InChI=1S/C26H22F3N3O4S/c1-14(2)15-4-6-17(7-5-15)23(33)21-22(16-8-10-18(11-9-16)36-26(27,28)29)32(25(35)24(21)34)19-12-13-20(37-3)31-30-19/h4-14,21-22H,1-3H3. The molecular formula is C26H22F3N3O4S. The van der Waals surface area contributed by atoms with Crippen LogP contribution in [0, 0.1) is 5.92 Å². The Labute approximate surface area is 215 Å². The molecule has 2 heterocycles. The van der Waals surface area contributed by atoms with E-state index < -0.39 is 41.5 Å². The maximum atomic E-state index is 13.6. The van der Waals surface area contributed by atoms with Gasteiger partial charge in [-0.3, -0.25) is 19.3 Å². The SMILES string of the molecule is CSc1ccc(N2C(=O)C(=O)C(C(=O)c3ccc(C(C)C)cc3)C2c2ccc(OC(F)(F)F)cc2)nn1. The summed E-state index contributed by atoms with van der Waals surface area (Å²) in [6.45, 7) is 4.00. The van der Waals surface area contributed by atoms with E-state index in [2.05, 4.69) is 14.9 Å². The number of carbonyl (C=O) groups is 3. The van der Waals surface area contributed by atoms with E-state index in [0.717, 1.165) is 22.6 Å². The normalized spacial score (nSPS) is 18.0. The first kappa shape index (κ1) is 26.3. The van der Waals surface area contributed by atoms with Crippen molar-refractivity contribution in [2.75, 3.05) is 11.2 Å². The number of aromatic nitrogens is 2. The summed E-state index contributed by atoms with van der Waals surface area (Å²) in [4.78, 5) is 41.0. The number of ether oxygens (including phenoxy) is 1. The Kier molecular flexibility index (Phi) is 7.35. The third-order valence-corrected chi connectivity index (χ3v) is 6.62. The molecule has 3 aromatic rings. The smallest absolute Gasteiger partial charge is 0.406 e. The fourth-order valence-electron chi connectivity index (χ4n) is 4.15. The molecule has 0 saturated carbocycles. The molecule has 1 aromatic heterocycles. The molecule has 37 heavy (non-hydrogen) atoms. The molecule has 2 aromatic carbocycles. The number of halogens is 3. The van der Waals surface area contributed by atoms with Gasteiger partial charge in [-0.2, -0.15) is 0 Å². The fourth-order valence-corrected chi connectivity index (χ4v) is 4.48. The first-order valence-corrected chi connectivity index (χ1v) is 12.5. The van der Waals surface area contributed by atoms with E-state index in [1.807, 2.05) is 13.8 Å². The number of nitrogens with zero attached hydrogens (tertiary/aromatic N) is 3. The molecule has 0 spiro atoms. The van der Waals surface area contributed by atoms with E-state index in [-0.39, 0.29) is 22.9 Å². The maximum Gasteiger partial charge on any atom is 0.573 e. The van der Waals surface area contributed by atoms with Crippen molar-refractivity contribution in [2.24, 2.45) is 5.92 Å². The lowest BCUT2D eigenvalue weighted by atomic mass is 9.86. The summed E-state index contributed by atoms with van der Waals surface area (Å²) < 4.78 is 41.9. The first-order chi connectivity index (χ1) is 17.5. The molecule has 0 aliphatic carbocycles. The predicted octanol–water partition coefficient (Wildman–Crippen LogP) is 5.38. The Bertz CT molecular complexity index is 1310. The van der Waals surface area contributed by atoms with Crippen molar-refractivity contribution >= 4 is 35.1 Å². The van der Waals surface area contributed by atoms with Crippen LogP contribution in [0.25, 0.3) is 0 Å². The molecule has 1 amide bonds. The van der Waals surface area contributed by atoms with Crippen molar-refractivity contribution in [2.45, 2.75) is 37.2 Å². The van der Waals surface area contributed by atoms with E-state index in [9.17, 15) is 27.6 Å². The molecule has 1 aliphatic heterocycles. The van der Waals surface area contributed by atoms with Crippen LogP contribution in [-0.2, 0) is 9.59 Å². The van der Waals surface area contributed by atoms with Crippen LogP contribution in [-0.4, -0.2) is 40.3 Å². The number of benzene rings is 2. The molecule has 0 radical (unpaired) electrons. The number of amides is 1. The van der Waals surface area contributed by atoms with Crippen LogP contribution in [0.1, 0.15) is 47.3 Å². The highest BCUT2D eigenvalue weighted by Crippen LogP contribution is 2.41. The van der Waals surface area contributed by atoms with Gasteiger partial charge in [0.2, 0.25) is 5.78 Å². The predicted molar refractivity (Wildman–Crippen MR) is 131 cm³/mol. The number of Topliss-reactive ketones (excluding diaryl/α,β-unsaturated/α-hetero) is 2. The molecule has 2 unspecified atom stereocenters. The highest BCUT2D eigenvalue weighted by atomic mass is 32.2. The van der Waals surface area contributed by atoms with E-state index in [1.54, 1.807) is 36.6 Å². The van der Waals surface area contributed by atoms with Gasteiger partial charge in [-0.25, -0.2) is 0 Å². The third kappa shape index (κ3) is 5.51. The minimum absolute atomic E-state index is 0.0437. The van der Waals surface area contributed by atoms with Gasteiger partial charge in [-0.1, -0.05) is 50.2 Å². The van der Waals surface area contributed by atoms with E-state index in [0.29, 0.717) is 5.03 Å². The summed E-state index contributed by atoms with van der Waals surface area (Å²) in [5.74, 6) is -4.11. The van der Waals surface area contributed by atoms with Gasteiger partial charge in [0.15, 0.2) is 11.6 Å². The van der Waals surface area contributed by atoms with Crippen molar-refractivity contribution in [3.05, 3.63) is 77.4 Å². The molecule has 4 rings (SSSR count). The number of rotatable bonds is 7. The summed E-state index contributed by atoms with van der Waals surface area (Å²) >= 11 is 1.33. The molecule has 0 bridgehead atoms. The van der Waals surface area contributed by atoms with Crippen LogP contribution in [0.2, 0.25) is 0 Å². The largest absolute Gasteiger partial charge is 0.573 e. The van der Waals surface area contributed by atoms with Crippen molar-refractivity contribution < 1.29 is 32.3 Å². The lowest BCUT2D eigenvalue weighted by molar-refractivity contribution is -0.274. The second kappa shape index (κ2) is 10.3. The third-order valence-electron chi connectivity index (χ3n) is 5.99. The van der Waals surface area contributed by atoms with Crippen LogP contribution < -0.4 is 9.64 Å². The number of hydrogen-bond donors (Lipinski definition) is 0. The van der Waals surface area contributed by atoms with Gasteiger partial charge >= 0.3 is 6.36 Å². The van der Waals surface area contributed by atoms with Crippen LogP contribution in [0.5, 0.6) is 5.75 Å². The van der Waals surface area contributed by atoms with Crippen molar-refractivity contribution in [1.82, 2.24) is 10.2 Å². The lowest BCUT2D eigenvalue weighted by Crippen LogP contribution is -2.31. The van der Waals surface area contributed by atoms with Crippen molar-refractivity contribution in [3.63, 3.8) is 0 Å². The summed E-state index contributed by atoms with van der Waals surface area (Å²) in [5, 5.41) is 8.64.